The molecule has 3 aromatic rings. The largest absolute Gasteiger partial charge is 0.453 e. The molecule has 160 valence electrons. The number of carbonyl (C=O) groups excluding carboxylic acids is 1. The van der Waals surface area contributed by atoms with Gasteiger partial charge in [-0.1, -0.05) is 39.7 Å². The Bertz CT molecular complexity index is 1190. The maximum atomic E-state index is 13.3. The average Bonchev–Trinajstić information content (AvgIpc) is 3.12. The lowest BCUT2D eigenvalue weighted by atomic mass is 9.95. The highest BCUT2D eigenvalue weighted by atomic mass is 79.9. The maximum Gasteiger partial charge on any atom is 0.453 e. The van der Waals surface area contributed by atoms with Crippen LogP contribution in [-0.2, 0) is 11.0 Å². The Labute approximate surface area is 188 Å². The molecule has 0 fully saturated rings. The van der Waals surface area contributed by atoms with E-state index in [4.69, 9.17) is 11.6 Å². The van der Waals surface area contributed by atoms with Gasteiger partial charge in [0.1, 0.15) is 6.04 Å². The number of nitrogens with one attached hydrogen (secondary N) is 2. The summed E-state index contributed by atoms with van der Waals surface area (Å²) in [5.41, 5.74) is 1.63. The Morgan fingerprint density at radius 1 is 1.23 bits per heavy atom. The second-order valence-corrected chi connectivity index (χ2v) is 8.14. The van der Waals surface area contributed by atoms with Crippen LogP contribution in [0, 0.1) is 0 Å². The smallest absolute Gasteiger partial charge is 0.328 e. The van der Waals surface area contributed by atoms with Gasteiger partial charge in [0, 0.05) is 20.9 Å². The van der Waals surface area contributed by atoms with E-state index >= 15 is 0 Å². The summed E-state index contributed by atoms with van der Waals surface area (Å²) >= 11 is 9.25. The number of fused-ring (bicyclic) bond motifs is 1. The number of nitrogens with zero attached hydrogens (tertiary/aromatic N) is 3. The minimum absolute atomic E-state index is 0.0992. The van der Waals surface area contributed by atoms with Crippen molar-refractivity contribution in [3.05, 3.63) is 80.7 Å². The van der Waals surface area contributed by atoms with E-state index in [1.807, 2.05) is 0 Å². The van der Waals surface area contributed by atoms with Crippen LogP contribution in [0.15, 0.2) is 64.3 Å². The predicted octanol–water partition coefficient (Wildman–Crippen LogP) is 5.64. The molecule has 4 rings (SSSR count). The van der Waals surface area contributed by atoms with E-state index in [1.54, 1.807) is 55.5 Å². The number of alkyl halides is 3. The van der Waals surface area contributed by atoms with E-state index in [9.17, 15) is 18.0 Å². The molecule has 11 heteroatoms. The number of carbonyl (C=O) groups is 1. The molecule has 1 atom stereocenters. The van der Waals surface area contributed by atoms with Gasteiger partial charge in [0.15, 0.2) is 0 Å². The molecule has 1 aliphatic rings. The van der Waals surface area contributed by atoms with Crippen LogP contribution < -0.4 is 10.6 Å². The molecule has 2 heterocycles. The first-order valence-electron chi connectivity index (χ1n) is 8.97. The molecule has 0 saturated carbocycles. The first-order valence-corrected chi connectivity index (χ1v) is 10.1. The lowest BCUT2D eigenvalue weighted by molar-refractivity contribution is -0.145. The molecule has 0 saturated heterocycles. The van der Waals surface area contributed by atoms with Crippen molar-refractivity contribution in [1.29, 1.82) is 0 Å². The molecule has 2 aromatic carbocycles. The molecule has 0 bridgehead atoms. The molecule has 1 aromatic heterocycles. The SMILES string of the molecule is CC1=C(C(=O)Nc2ccc(Cl)cc2)C(c2cccc(Br)c2)n2nc(C(F)(F)F)nc2N1. The Hall–Kier alpha value is -2.85. The second-order valence-electron chi connectivity index (χ2n) is 6.78. The lowest BCUT2D eigenvalue weighted by Gasteiger charge is -2.28. The quantitative estimate of drug-likeness (QED) is 0.476. The molecule has 0 aliphatic carbocycles. The molecule has 1 aliphatic heterocycles. The summed E-state index contributed by atoms with van der Waals surface area (Å²) < 4.78 is 41.6. The third-order valence-corrected chi connectivity index (χ3v) is 5.36. The zero-order valence-electron chi connectivity index (χ0n) is 15.8. The van der Waals surface area contributed by atoms with Gasteiger partial charge in [0.25, 0.3) is 11.7 Å². The highest BCUT2D eigenvalue weighted by molar-refractivity contribution is 9.10. The Morgan fingerprint density at radius 3 is 2.58 bits per heavy atom. The normalized spacial score (nSPS) is 16.0. The van der Waals surface area contributed by atoms with Crippen molar-refractivity contribution in [1.82, 2.24) is 14.8 Å². The van der Waals surface area contributed by atoms with Crippen LogP contribution in [0.1, 0.15) is 24.4 Å². The zero-order valence-corrected chi connectivity index (χ0v) is 18.2. The number of allylic oxidation sites excluding steroid dienone is 1. The summed E-state index contributed by atoms with van der Waals surface area (Å²) in [5, 5.41) is 9.70. The third-order valence-electron chi connectivity index (χ3n) is 4.62. The van der Waals surface area contributed by atoms with Gasteiger partial charge in [-0.15, -0.1) is 5.10 Å². The Balaban J connectivity index is 1.81. The van der Waals surface area contributed by atoms with Crippen LogP contribution in [0.5, 0.6) is 0 Å². The maximum absolute atomic E-state index is 13.3. The Morgan fingerprint density at radius 2 is 1.94 bits per heavy atom. The van der Waals surface area contributed by atoms with Crippen LogP contribution in [0.3, 0.4) is 0 Å². The van der Waals surface area contributed by atoms with Gasteiger partial charge >= 0.3 is 6.18 Å². The second kappa shape index (κ2) is 8.01. The van der Waals surface area contributed by atoms with Crippen LogP contribution in [0.2, 0.25) is 5.02 Å². The van der Waals surface area contributed by atoms with Gasteiger partial charge < -0.3 is 10.6 Å². The number of amides is 1. The van der Waals surface area contributed by atoms with Gasteiger partial charge in [-0.25, -0.2) is 4.68 Å². The monoisotopic (exact) mass is 511 g/mol. The first-order chi connectivity index (χ1) is 14.6. The number of hydrogen-bond acceptors (Lipinski definition) is 4. The summed E-state index contributed by atoms with van der Waals surface area (Å²) in [6.07, 6.45) is -4.73. The molecule has 1 amide bonds. The number of anilines is 2. The van der Waals surface area contributed by atoms with Gasteiger partial charge in [-0.05, 0) is 48.9 Å². The van der Waals surface area contributed by atoms with E-state index in [0.717, 1.165) is 4.68 Å². The first kappa shape index (κ1) is 21.4. The van der Waals surface area contributed by atoms with Crippen LogP contribution in [-0.4, -0.2) is 20.7 Å². The van der Waals surface area contributed by atoms with Gasteiger partial charge in [0.05, 0.1) is 5.57 Å². The number of hydrogen-bond donors (Lipinski definition) is 2. The summed E-state index contributed by atoms with van der Waals surface area (Å²) in [6.45, 7) is 1.60. The minimum atomic E-state index is -4.73. The van der Waals surface area contributed by atoms with Crippen molar-refractivity contribution in [2.45, 2.75) is 19.1 Å². The van der Waals surface area contributed by atoms with E-state index in [0.29, 0.717) is 26.4 Å². The summed E-state index contributed by atoms with van der Waals surface area (Å²) in [6, 6.07) is 12.5. The fourth-order valence-electron chi connectivity index (χ4n) is 3.28. The summed E-state index contributed by atoms with van der Waals surface area (Å²) in [4.78, 5) is 16.8. The van der Waals surface area contributed by atoms with E-state index < -0.39 is 23.9 Å². The minimum Gasteiger partial charge on any atom is -0.328 e. The highest BCUT2D eigenvalue weighted by Gasteiger charge is 2.41. The fraction of sp³-hybridized carbons (Fsp3) is 0.150. The molecule has 0 spiro atoms. The number of rotatable bonds is 3. The Kier molecular flexibility index (Phi) is 5.52. The molecule has 2 N–H and O–H groups in total. The average molecular weight is 513 g/mol. The predicted molar refractivity (Wildman–Crippen MR) is 114 cm³/mol. The molecular formula is C20H14BrClF3N5O. The van der Waals surface area contributed by atoms with Crippen molar-refractivity contribution in [3.8, 4) is 0 Å². The van der Waals surface area contributed by atoms with Crippen molar-refractivity contribution >= 4 is 45.1 Å². The van der Waals surface area contributed by atoms with Crippen molar-refractivity contribution in [3.63, 3.8) is 0 Å². The molecule has 0 radical (unpaired) electrons. The number of aromatic nitrogens is 3. The highest BCUT2D eigenvalue weighted by Crippen LogP contribution is 2.38. The van der Waals surface area contributed by atoms with Gasteiger partial charge in [-0.3, -0.25) is 4.79 Å². The van der Waals surface area contributed by atoms with E-state index in [-0.39, 0.29) is 11.5 Å². The summed E-state index contributed by atoms with van der Waals surface area (Å²) in [5.74, 6) is -1.88. The molecule has 6 nitrogen and oxygen atoms in total. The zero-order chi connectivity index (χ0) is 22.3. The number of halogens is 5. The standard InChI is InChI=1S/C20H14BrClF3N5O/c1-10-15(17(31)27-14-7-5-13(22)6-8-14)16(11-3-2-4-12(21)9-11)30-19(26-10)28-18(29-30)20(23,24)25/h2-9,16H,1H3,(H,27,31)(H,26,28,29). The van der Waals surface area contributed by atoms with E-state index in [2.05, 4.69) is 36.6 Å². The lowest BCUT2D eigenvalue weighted by Crippen LogP contribution is -2.31. The van der Waals surface area contributed by atoms with Crippen molar-refractivity contribution in [2.24, 2.45) is 0 Å². The van der Waals surface area contributed by atoms with Crippen LogP contribution >= 0.6 is 27.5 Å². The molecular weight excluding hydrogens is 499 g/mol. The molecule has 1 unspecified atom stereocenters. The fourth-order valence-corrected chi connectivity index (χ4v) is 3.82. The van der Waals surface area contributed by atoms with Crippen molar-refractivity contribution in [2.75, 3.05) is 10.6 Å². The summed E-state index contributed by atoms with van der Waals surface area (Å²) in [7, 11) is 0. The van der Waals surface area contributed by atoms with Crippen LogP contribution in [0.25, 0.3) is 0 Å². The third kappa shape index (κ3) is 4.31. The molecule has 31 heavy (non-hydrogen) atoms. The van der Waals surface area contributed by atoms with Crippen molar-refractivity contribution < 1.29 is 18.0 Å². The van der Waals surface area contributed by atoms with E-state index in [1.165, 1.54) is 0 Å². The van der Waals surface area contributed by atoms with Gasteiger partial charge in [-0.2, -0.15) is 18.2 Å². The topological polar surface area (TPSA) is 71.8 Å². The van der Waals surface area contributed by atoms with Gasteiger partial charge in [0.2, 0.25) is 5.95 Å². The van der Waals surface area contributed by atoms with Crippen LogP contribution in [0.4, 0.5) is 24.8 Å². The number of benzene rings is 2.